The van der Waals surface area contributed by atoms with Gasteiger partial charge in [0.2, 0.25) is 5.28 Å². The van der Waals surface area contributed by atoms with Gasteiger partial charge in [-0.2, -0.15) is 4.98 Å². The maximum absolute atomic E-state index is 6.59. The van der Waals surface area contributed by atoms with E-state index in [1.165, 1.54) is 36.3 Å². The summed E-state index contributed by atoms with van der Waals surface area (Å²) in [4.78, 5) is 9.38. The molecular formula is C32H16ClN3OS. The van der Waals surface area contributed by atoms with Gasteiger partial charge in [-0.25, -0.2) is 4.98 Å². The Balaban J connectivity index is 1.60. The molecule has 38 heavy (non-hydrogen) atoms. The van der Waals surface area contributed by atoms with Crippen molar-refractivity contribution in [3.8, 4) is 5.82 Å². The van der Waals surface area contributed by atoms with Gasteiger partial charge < -0.3 is 4.42 Å². The number of rotatable bonds is 1. The Morgan fingerprint density at radius 2 is 1.34 bits per heavy atom. The average molecular weight is 526 g/mol. The quantitative estimate of drug-likeness (QED) is 0.200. The smallest absolute Gasteiger partial charge is 0.225 e. The molecule has 0 aliphatic rings. The zero-order chi connectivity index (χ0) is 25.0. The molecule has 0 atom stereocenters. The van der Waals surface area contributed by atoms with Crippen LogP contribution in [0.25, 0.3) is 80.6 Å². The lowest BCUT2D eigenvalue weighted by atomic mass is 10.00. The van der Waals surface area contributed by atoms with Crippen molar-refractivity contribution in [1.29, 1.82) is 0 Å². The molecule has 0 saturated carbocycles. The number of hydrogen-bond donors (Lipinski definition) is 0. The molecule has 0 saturated heterocycles. The number of furan rings is 1. The van der Waals surface area contributed by atoms with Crippen molar-refractivity contribution in [1.82, 2.24) is 14.5 Å². The van der Waals surface area contributed by atoms with Gasteiger partial charge in [-0.1, -0.05) is 72.8 Å². The van der Waals surface area contributed by atoms with E-state index in [-0.39, 0.29) is 5.28 Å². The Morgan fingerprint density at radius 3 is 2.21 bits per heavy atom. The second-order valence-corrected chi connectivity index (χ2v) is 10.9. The third-order valence-corrected chi connectivity index (χ3v) is 8.89. The Kier molecular flexibility index (Phi) is 3.96. The number of halogens is 1. The first-order valence-corrected chi connectivity index (χ1v) is 13.6. The van der Waals surface area contributed by atoms with Gasteiger partial charge in [0.25, 0.3) is 0 Å². The van der Waals surface area contributed by atoms with E-state index in [0.717, 1.165) is 27.4 Å². The summed E-state index contributed by atoms with van der Waals surface area (Å²) in [6.45, 7) is 0. The van der Waals surface area contributed by atoms with Crippen LogP contribution < -0.4 is 0 Å². The minimum atomic E-state index is 0.192. The first kappa shape index (κ1) is 20.6. The summed E-state index contributed by atoms with van der Waals surface area (Å²) >= 11 is 8.44. The van der Waals surface area contributed by atoms with E-state index in [2.05, 4.69) is 82.3 Å². The van der Waals surface area contributed by atoms with E-state index >= 15 is 0 Å². The molecule has 4 nitrogen and oxygen atoms in total. The van der Waals surface area contributed by atoms with E-state index in [9.17, 15) is 0 Å². The Morgan fingerprint density at radius 1 is 0.658 bits per heavy atom. The highest BCUT2D eigenvalue weighted by Crippen LogP contribution is 2.48. The normalized spacial score (nSPS) is 12.3. The van der Waals surface area contributed by atoms with Crippen molar-refractivity contribution < 1.29 is 4.42 Å². The van der Waals surface area contributed by atoms with Crippen LogP contribution >= 0.6 is 22.9 Å². The first-order valence-electron chi connectivity index (χ1n) is 12.4. The maximum Gasteiger partial charge on any atom is 0.225 e. The molecule has 9 aromatic rings. The van der Waals surface area contributed by atoms with Crippen LogP contribution in [-0.2, 0) is 0 Å². The highest BCUT2D eigenvalue weighted by molar-refractivity contribution is 7.27. The van der Waals surface area contributed by atoms with Crippen molar-refractivity contribution in [2.75, 3.05) is 0 Å². The van der Waals surface area contributed by atoms with Crippen LogP contribution in [0.5, 0.6) is 0 Å². The SMILES string of the molecule is Clc1nc(-n2c3ccccc3c3c4sc5ccccc5c4c4ccccc4c32)c2oc3ccccc3c2n1. The molecule has 5 aromatic carbocycles. The molecule has 0 fully saturated rings. The van der Waals surface area contributed by atoms with E-state index in [1.807, 2.05) is 35.6 Å². The zero-order valence-electron chi connectivity index (χ0n) is 19.8. The van der Waals surface area contributed by atoms with Crippen molar-refractivity contribution in [2.24, 2.45) is 0 Å². The second-order valence-electron chi connectivity index (χ2n) is 9.52. The molecule has 0 amide bonds. The minimum absolute atomic E-state index is 0.192. The zero-order valence-corrected chi connectivity index (χ0v) is 21.3. The topological polar surface area (TPSA) is 43.9 Å². The number of para-hydroxylation sites is 2. The molecule has 0 N–H and O–H groups in total. The van der Waals surface area contributed by atoms with Crippen LogP contribution in [0.3, 0.4) is 0 Å². The van der Waals surface area contributed by atoms with Crippen molar-refractivity contribution in [2.45, 2.75) is 0 Å². The Hall–Kier alpha value is -4.45. The summed E-state index contributed by atoms with van der Waals surface area (Å²) in [5.41, 5.74) is 4.25. The molecule has 6 heteroatoms. The largest absolute Gasteiger partial charge is 0.450 e. The lowest BCUT2D eigenvalue weighted by molar-refractivity contribution is 0.662. The van der Waals surface area contributed by atoms with Crippen molar-refractivity contribution in [3.05, 3.63) is 102 Å². The minimum Gasteiger partial charge on any atom is -0.450 e. The van der Waals surface area contributed by atoms with E-state index in [1.54, 1.807) is 0 Å². The summed E-state index contributed by atoms with van der Waals surface area (Å²) in [7, 11) is 0. The number of thiophene rings is 1. The molecule has 4 heterocycles. The number of aromatic nitrogens is 3. The average Bonchev–Trinajstić information content (AvgIpc) is 3.63. The number of hydrogen-bond acceptors (Lipinski definition) is 4. The van der Waals surface area contributed by atoms with Gasteiger partial charge in [-0.05, 0) is 41.3 Å². The molecule has 178 valence electrons. The highest BCUT2D eigenvalue weighted by atomic mass is 35.5. The van der Waals surface area contributed by atoms with Crippen LogP contribution in [-0.4, -0.2) is 14.5 Å². The Bertz CT molecular complexity index is 2430. The van der Waals surface area contributed by atoms with Gasteiger partial charge in [-0.3, -0.25) is 4.57 Å². The molecule has 9 rings (SSSR count). The van der Waals surface area contributed by atoms with Crippen molar-refractivity contribution >= 4 is 97.8 Å². The van der Waals surface area contributed by atoms with E-state index in [0.29, 0.717) is 16.9 Å². The fourth-order valence-electron chi connectivity index (χ4n) is 6.04. The van der Waals surface area contributed by atoms with Crippen LogP contribution in [0.1, 0.15) is 0 Å². The van der Waals surface area contributed by atoms with Crippen molar-refractivity contribution in [3.63, 3.8) is 0 Å². The molecule has 0 radical (unpaired) electrons. The fourth-order valence-corrected chi connectivity index (χ4v) is 7.48. The maximum atomic E-state index is 6.59. The molecule has 0 bridgehead atoms. The second kappa shape index (κ2) is 7.32. The van der Waals surface area contributed by atoms with Gasteiger partial charge >= 0.3 is 0 Å². The highest BCUT2D eigenvalue weighted by Gasteiger charge is 2.25. The van der Waals surface area contributed by atoms with Crippen LogP contribution in [0.2, 0.25) is 5.28 Å². The lowest BCUT2D eigenvalue weighted by Crippen LogP contribution is -2.00. The fraction of sp³-hybridized carbons (Fsp3) is 0. The third-order valence-electron chi connectivity index (χ3n) is 7.54. The molecule has 0 aliphatic heterocycles. The number of nitrogens with zero attached hydrogens (tertiary/aromatic N) is 3. The lowest BCUT2D eigenvalue weighted by Gasteiger charge is -2.10. The van der Waals surface area contributed by atoms with Gasteiger partial charge in [0.15, 0.2) is 11.4 Å². The molecule has 0 unspecified atom stereocenters. The summed E-state index contributed by atoms with van der Waals surface area (Å²) in [6, 6.07) is 33.8. The van der Waals surface area contributed by atoms with Crippen LogP contribution in [0.4, 0.5) is 0 Å². The van der Waals surface area contributed by atoms with Gasteiger partial charge in [0.1, 0.15) is 11.1 Å². The van der Waals surface area contributed by atoms with Gasteiger partial charge in [0, 0.05) is 41.7 Å². The molecule has 0 aliphatic carbocycles. The molecule has 4 aromatic heterocycles. The Labute approximate surface area is 224 Å². The van der Waals surface area contributed by atoms with E-state index < -0.39 is 0 Å². The van der Waals surface area contributed by atoms with Gasteiger partial charge in [0.05, 0.1) is 11.0 Å². The van der Waals surface area contributed by atoms with Gasteiger partial charge in [-0.15, -0.1) is 11.3 Å². The number of fused-ring (bicyclic) bond motifs is 13. The monoisotopic (exact) mass is 525 g/mol. The summed E-state index contributed by atoms with van der Waals surface area (Å²) in [5, 5.41) is 8.46. The summed E-state index contributed by atoms with van der Waals surface area (Å²) in [6.07, 6.45) is 0. The summed E-state index contributed by atoms with van der Waals surface area (Å²) < 4.78 is 11.2. The predicted octanol–water partition coefficient (Wildman–Crippen LogP) is 9.65. The van der Waals surface area contributed by atoms with Crippen LogP contribution in [0.15, 0.2) is 101 Å². The third kappa shape index (κ3) is 2.55. The number of benzene rings is 5. The first-order chi connectivity index (χ1) is 18.8. The molecular weight excluding hydrogens is 510 g/mol. The standard InChI is InChI=1S/C32H16ClN3OS/c33-32-34-27-20-12-4-7-15-23(20)37-29(27)31(35-32)36-22-14-6-3-11-19(22)26-28(36)18-10-2-1-9-17(18)25-21-13-5-8-16-24(21)38-30(25)26/h1-16H. The summed E-state index contributed by atoms with van der Waals surface area (Å²) in [5.74, 6) is 0.646. The van der Waals surface area contributed by atoms with Crippen LogP contribution in [0, 0.1) is 0 Å². The molecule has 0 spiro atoms. The van der Waals surface area contributed by atoms with E-state index in [4.69, 9.17) is 21.0 Å². The predicted molar refractivity (Wildman–Crippen MR) is 159 cm³/mol.